The average molecular weight is 387 g/mol. The van der Waals surface area contributed by atoms with Crippen LogP contribution >= 0.6 is 0 Å². The molecule has 0 aromatic heterocycles. The fourth-order valence-electron chi connectivity index (χ4n) is 3.56. The van der Waals surface area contributed by atoms with E-state index in [1.165, 1.54) is 6.07 Å². The predicted octanol–water partition coefficient (Wildman–Crippen LogP) is 2.49. The highest BCUT2D eigenvalue weighted by atomic mass is 16.6. The largest absolute Gasteiger partial charge is 0.357 e. The van der Waals surface area contributed by atoms with E-state index in [-0.39, 0.29) is 23.6 Å². The van der Waals surface area contributed by atoms with Crippen molar-refractivity contribution in [1.82, 2.24) is 16.0 Å². The van der Waals surface area contributed by atoms with Gasteiger partial charge in [0.15, 0.2) is 5.96 Å². The van der Waals surface area contributed by atoms with Gasteiger partial charge in [0.1, 0.15) is 0 Å². The van der Waals surface area contributed by atoms with Gasteiger partial charge in [-0.2, -0.15) is 0 Å². The molecule has 2 atom stereocenters. The second-order valence-electron chi connectivity index (χ2n) is 7.61. The van der Waals surface area contributed by atoms with Crippen molar-refractivity contribution in [3.8, 4) is 0 Å². The molecule has 0 saturated heterocycles. The summed E-state index contributed by atoms with van der Waals surface area (Å²) in [5, 5.41) is 20.7. The third kappa shape index (κ3) is 5.94. The summed E-state index contributed by atoms with van der Waals surface area (Å²) in [6.45, 7) is 3.08. The Kier molecular flexibility index (Phi) is 6.84. The number of rotatable bonds is 7. The normalized spacial score (nSPS) is 22.4. The van der Waals surface area contributed by atoms with Gasteiger partial charge >= 0.3 is 0 Å². The molecule has 1 aromatic rings. The van der Waals surface area contributed by atoms with Crippen LogP contribution in [-0.2, 0) is 11.3 Å². The molecular weight excluding hydrogens is 358 g/mol. The molecule has 2 unspecified atom stereocenters. The van der Waals surface area contributed by atoms with Crippen LogP contribution in [-0.4, -0.2) is 35.4 Å². The smallest absolute Gasteiger partial charge is 0.269 e. The van der Waals surface area contributed by atoms with E-state index in [9.17, 15) is 14.9 Å². The van der Waals surface area contributed by atoms with Crippen LogP contribution in [0.4, 0.5) is 5.69 Å². The molecule has 2 aliphatic carbocycles. The summed E-state index contributed by atoms with van der Waals surface area (Å²) in [6.07, 6.45) is 5.99. The SMILES string of the molecule is CCNC(=NCc1cccc([N+](=O)[O-])c1)NC1CCCC(C(=O)NC2CC2)C1. The number of carbonyl (C=O) groups is 1. The molecule has 3 N–H and O–H groups in total. The van der Waals surface area contributed by atoms with Gasteiger partial charge in [0.25, 0.3) is 5.69 Å². The van der Waals surface area contributed by atoms with E-state index in [0.717, 1.165) is 50.6 Å². The molecule has 1 aromatic carbocycles. The number of nitrogens with zero attached hydrogens (tertiary/aromatic N) is 2. The molecule has 2 fully saturated rings. The van der Waals surface area contributed by atoms with Gasteiger partial charge in [-0.1, -0.05) is 18.6 Å². The number of nitrogens with one attached hydrogen (secondary N) is 3. The van der Waals surface area contributed by atoms with E-state index in [2.05, 4.69) is 20.9 Å². The van der Waals surface area contributed by atoms with Crippen molar-refractivity contribution < 1.29 is 9.72 Å². The Bertz CT molecular complexity index is 732. The maximum Gasteiger partial charge on any atom is 0.269 e. The lowest BCUT2D eigenvalue weighted by Crippen LogP contribution is -2.47. The molecule has 28 heavy (non-hydrogen) atoms. The lowest BCUT2D eigenvalue weighted by atomic mass is 9.85. The van der Waals surface area contributed by atoms with Gasteiger partial charge in [0, 0.05) is 36.7 Å². The van der Waals surface area contributed by atoms with Crippen molar-refractivity contribution in [2.24, 2.45) is 10.9 Å². The van der Waals surface area contributed by atoms with Crippen LogP contribution in [0.2, 0.25) is 0 Å². The molecule has 0 bridgehead atoms. The highest BCUT2D eigenvalue weighted by molar-refractivity contribution is 5.81. The van der Waals surface area contributed by atoms with Gasteiger partial charge in [-0.25, -0.2) is 4.99 Å². The summed E-state index contributed by atoms with van der Waals surface area (Å²) in [5.74, 6) is 0.932. The number of non-ortho nitro benzene ring substituents is 1. The van der Waals surface area contributed by atoms with Gasteiger partial charge in [-0.05, 0) is 44.6 Å². The third-order valence-corrected chi connectivity index (χ3v) is 5.19. The number of hydrogen-bond acceptors (Lipinski definition) is 4. The molecule has 8 nitrogen and oxygen atoms in total. The van der Waals surface area contributed by atoms with E-state index in [1.807, 2.05) is 13.0 Å². The molecule has 1 amide bonds. The summed E-state index contributed by atoms with van der Waals surface area (Å²) in [6, 6.07) is 7.13. The van der Waals surface area contributed by atoms with Crippen LogP contribution in [0.15, 0.2) is 29.3 Å². The van der Waals surface area contributed by atoms with Crippen molar-refractivity contribution in [2.45, 2.75) is 64.1 Å². The highest BCUT2D eigenvalue weighted by Gasteiger charge is 2.31. The predicted molar refractivity (Wildman–Crippen MR) is 108 cm³/mol. The fraction of sp³-hybridized carbons (Fsp3) is 0.600. The van der Waals surface area contributed by atoms with E-state index < -0.39 is 4.92 Å². The van der Waals surface area contributed by atoms with Crippen molar-refractivity contribution in [3.05, 3.63) is 39.9 Å². The summed E-state index contributed by atoms with van der Waals surface area (Å²) >= 11 is 0. The average Bonchev–Trinajstić information content (AvgIpc) is 3.51. The van der Waals surface area contributed by atoms with Gasteiger partial charge in [-0.3, -0.25) is 14.9 Å². The molecule has 0 spiro atoms. The first kappa shape index (κ1) is 20.1. The number of nitro benzene ring substituents is 1. The zero-order valence-corrected chi connectivity index (χ0v) is 16.3. The van der Waals surface area contributed by atoms with E-state index in [4.69, 9.17) is 0 Å². The zero-order valence-electron chi connectivity index (χ0n) is 16.3. The molecular formula is C20H29N5O3. The van der Waals surface area contributed by atoms with Gasteiger partial charge in [0.2, 0.25) is 5.91 Å². The van der Waals surface area contributed by atoms with Crippen molar-refractivity contribution in [3.63, 3.8) is 0 Å². The fourth-order valence-corrected chi connectivity index (χ4v) is 3.56. The second-order valence-corrected chi connectivity index (χ2v) is 7.61. The lowest BCUT2D eigenvalue weighted by molar-refractivity contribution is -0.384. The standard InChI is InChI=1S/C20H29N5O3/c1-2-21-20(22-13-14-5-3-8-18(11-14)25(27)28)24-17-7-4-6-15(12-17)19(26)23-16-9-10-16/h3,5,8,11,15-17H,2,4,6-7,9-10,12-13H2,1H3,(H,23,26)(H2,21,22,24). The Hall–Kier alpha value is -2.64. The number of amides is 1. The van der Waals surface area contributed by atoms with Crippen molar-refractivity contribution in [1.29, 1.82) is 0 Å². The van der Waals surface area contributed by atoms with Crippen molar-refractivity contribution >= 4 is 17.6 Å². The van der Waals surface area contributed by atoms with Crippen LogP contribution in [0, 0.1) is 16.0 Å². The summed E-state index contributed by atoms with van der Waals surface area (Å²) in [4.78, 5) is 27.5. The number of carbonyl (C=O) groups excluding carboxylic acids is 1. The van der Waals surface area contributed by atoms with Crippen molar-refractivity contribution in [2.75, 3.05) is 6.54 Å². The number of guanidine groups is 1. The third-order valence-electron chi connectivity index (χ3n) is 5.19. The van der Waals surface area contributed by atoms with Crippen LogP contribution in [0.3, 0.4) is 0 Å². The van der Waals surface area contributed by atoms with Gasteiger partial charge in [0.05, 0.1) is 11.5 Å². The molecule has 8 heteroatoms. The molecule has 2 saturated carbocycles. The highest BCUT2D eigenvalue weighted by Crippen LogP contribution is 2.26. The van der Waals surface area contributed by atoms with E-state index >= 15 is 0 Å². The maximum atomic E-state index is 12.4. The number of benzene rings is 1. The Morgan fingerprint density at radius 1 is 1.21 bits per heavy atom. The van der Waals surface area contributed by atoms with Crippen LogP contribution in [0.1, 0.15) is 51.0 Å². The van der Waals surface area contributed by atoms with Crippen LogP contribution in [0.5, 0.6) is 0 Å². The lowest BCUT2D eigenvalue weighted by Gasteiger charge is -2.30. The number of hydrogen-bond donors (Lipinski definition) is 3. The maximum absolute atomic E-state index is 12.4. The Morgan fingerprint density at radius 3 is 2.75 bits per heavy atom. The van der Waals surface area contributed by atoms with Crippen LogP contribution in [0.25, 0.3) is 0 Å². The molecule has 0 heterocycles. The first-order valence-electron chi connectivity index (χ1n) is 10.1. The minimum atomic E-state index is -0.397. The molecule has 3 rings (SSSR count). The summed E-state index contributed by atoms with van der Waals surface area (Å²) in [5.41, 5.74) is 0.860. The number of aliphatic imine (C=N–C) groups is 1. The topological polar surface area (TPSA) is 109 Å². The second kappa shape index (κ2) is 9.52. The van der Waals surface area contributed by atoms with Gasteiger partial charge < -0.3 is 16.0 Å². The first-order chi connectivity index (χ1) is 13.5. The molecule has 0 aliphatic heterocycles. The molecule has 152 valence electrons. The quantitative estimate of drug-likeness (QED) is 0.288. The monoisotopic (exact) mass is 387 g/mol. The number of nitro groups is 1. The summed E-state index contributed by atoms with van der Waals surface area (Å²) in [7, 11) is 0. The molecule has 0 radical (unpaired) electrons. The Labute approximate surface area is 165 Å². The molecule has 2 aliphatic rings. The first-order valence-corrected chi connectivity index (χ1v) is 10.1. The van der Waals surface area contributed by atoms with Crippen LogP contribution < -0.4 is 16.0 Å². The van der Waals surface area contributed by atoms with E-state index in [0.29, 0.717) is 18.5 Å². The minimum Gasteiger partial charge on any atom is -0.357 e. The zero-order chi connectivity index (χ0) is 19.9. The minimum absolute atomic E-state index is 0.0616. The van der Waals surface area contributed by atoms with Gasteiger partial charge in [-0.15, -0.1) is 0 Å². The Morgan fingerprint density at radius 2 is 2.04 bits per heavy atom. The van der Waals surface area contributed by atoms with E-state index in [1.54, 1.807) is 12.1 Å². The summed E-state index contributed by atoms with van der Waals surface area (Å²) < 4.78 is 0. The Balaban J connectivity index is 1.58.